The first-order valence-electron chi connectivity index (χ1n) is 8.21. The van der Waals surface area contributed by atoms with Gasteiger partial charge in [-0.25, -0.2) is 0 Å². The van der Waals surface area contributed by atoms with Crippen LogP contribution in [0.1, 0.15) is 70.6 Å². The molecule has 0 amide bonds. The van der Waals surface area contributed by atoms with E-state index < -0.39 is 5.97 Å². The van der Waals surface area contributed by atoms with Crippen LogP contribution in [0.4, 0.5) is 0 Å². The van der Waals surface area contributed by atoms with Gasteiger partial charge >= 0.3 is 5.97 Å². The molecule has 1 saturated heterocycles. The monoisotopic (exact) mass is 267 g/mol. The highest BCUT2D eigenvalue weighted by molar-refractivity contribution is 5.66. The Morgan fingerprint density at radius 3 is 2.11 bits per heavy atom. The molecule has 3 heteroatoms. The molecule has 110 valence electrons. The van der Waals surface area contributed by atoms with E-state index in [1.807, 2.05) is 0 Å². The lowest BCUT2D eigenvalue weighted by Crippen LogP contribution is -2.41. The minimum absolute atomic E-state index is 0.355. The van der Waals surface area contributed by atoms with Gasteiger partial charge in [0, 0.05) is 12.5 Å². The van der Waals surface area contributed by atoms with Crippen LogP contribution in [0.2, 0.25) is 0 Å². The molecule has 3 nitrogen and oxygen atoms in total. The molecule has 0 atom stereocenters. The lowest BCUT2D eigenvalue weighted by atomic mass is 9.89. The first kappa shape index (κ1) is 14.8. The Bertz CT molecular complexity index is 264. The molecule has 0 spiro atoms. The third-order valence-electron chi connectivity index (χ3n) is 5.01. The molecular weight excluding hydrogens is 238 g/mol. The number of rotatable bonds is 4. The maximum Gasteiger partial charge on any atom is 0.303 e. The number of nitrogens with zero attached hydrogens (tertiary/aromatic N) is 1. The summed E-state index contributed by atoms with van der Waals surface area (Å²) in [5, 5.41) is 8.75. The highest BCUT2D eigenvalue weighted by Gasteiger charge is 2.25. The van der Waals surface area contributed by atoms with Crippen LogP contribution < -0.4 is 0 Å². The first-order chi connectivity index (χ1) is 9.25. The van der Waals surface area contributed by atoms with Gasteiger partial charge < -0.3 is 10.0 Å². The fraction of sp³-hybridized carbons (Fsp3) is 0.938. The average Bonchev–Trinajstić information content (AvgIpc) is 2.37. The molecule has 0 aromatic carbocycles. The van der Waals surface area contributed by atoms with E-state index in [1.165, 1.54) is 70.9 Å². The topological polar surface area (TPSA) is 40.5 Å². The summed E-state index contributed by atoms with van der Waals surface area (Å²) in [7, 11) is 0. The molecule has 0 aromatic heterocycles. The van der Waals surface area contributed by atoms with Gasteiger partial charge in [-0.2, -0.15) is 0 Å². The summed E-state index contributed by atoms with van der Waals surface area (Å²) in [6.45, 7) is 2.41. The van der Waals surface area contributed by atoms with E-state index in [2.05, 4.69) is 4.90 Å². The van der Waals surface area contributed by atoms with E-state index in [0.717, 1.165) is 12.5 Å². The zero-order valence-corrected chi connectivity index (χ0v) is 12.1. The number of hydrogen-bond acceptors (Lipinski definition) is 2. The van der Waals surface area contributed by atoms with Crippen molar-refractivity contribution in [2.24, 2.45) is 5.92 Å². The van der Waals surface area contributed by atoms with Crippen LogP contribution in [0.3, 0.4) is 0 Å². The third-order valence-corrected chi connectivity index (χ3v) is 5.01. The van der Waals surface area contributed by atoms with E-state index in [4.69, 9.17) is 5.11 Å². The van der Waals surface area contributed by atoms with Crippen LogP contribution in [-0.4, -0.2) is 35.1 Å². The number of piperidine rings is 1. The summed E-state index contributed by atoms with van der Waals surface area (Å²) >= 11 is 0. The van der Waals surface area contributed by atoms with Crippen LogP contribution in [0.5, 0.6) is 0 Å². The van der Waals surface area contributed by atoms with Crippen molar-refractivity contribution in [3.8, 4) is 0 Å². The van der Waals surface area contributed by atoms with Gasteiger partial charge in [-0.15, -0.1) is 0 Å². The van der Waals surface area contributed by atoms with Crippen molar-refractivity contribution in [2.45, 2.75) is 76.7 Å². The first-order valence-corrected chi connectivity index (χ1v) is 8.21. The van der Waals surface area contributed by atoms with E-state index in [-0.39, 0.29) is 0 Å². The highest BCUT2D eigenvalue weighted by Crippen LogP contribution is 2.27. The largest absolute Gasteiger partial charge is 0.481 e. The average molecular weight is 267 g/mol. The Morgan fingerprint density at radius 2 is 1.53 bits per heavy atom. The molecule has 2 fully saturated rings. The predicted octanol–water partition coefficient (Wildman–Crippen LogP) is 3.68. The van der Waals surface area contributed by atoms with Gasteiger partial charge in [-0.1, -0.05) is 32.1 Å². The summed E-state index contributed by atoms with van der Waals surface area (Å²) in [4.78, 5) is 13.3. The molecule has 0 unspecified atom stereocenters. The molecule has 19 heavy (non-hydrogen) atoms. The summed E-state index contributed by atoms with van der Waals surface area (Å²) in [5.41, 5.74) is 0. The van der Waals surface area contributed by atoms with Gasteiger partial charge in [-0.3, -0.25) is 4.79 Å². The third kappa shape index (κ3) is 5.13. The van der Waals surface area contributed by atoms with Crippen molar-refractivity contribution in [2.75, 3.05) is 13.1 Å². The Labute approximate surface area is 117 Å². The molecule has 1 saturated carbocycles. The number of carboxylic acid groups (broad SMARTS) is 1. The molecule has 0 radical (unpaired) electrons. The molecule has 0 aromatic rings. The highest BCUT2D eigenvalue weighted by atomic mass is 16.4. The smallest absolute Gasteiger partial charge is 0.303 e. The molecule has 1 aliphatic heterocycles. The van der Waals surface area contributed by atoms with E-state index >= 15 is 0 Å². The van der Waals surface area contributed by atoms with Crippen LogP contribution in [0.25, 0.3) is 0 Å². The Kier molecular flexibility index (Phi) is 6.15. The predicted molar refractivity (Wildman–Crippen MR) is 77.3 cm³/mol. The van der Waals surface area contributed by atoms with Crippen molar-refractivity contribution in [3.05, 3.63) is 0 Å². The van der Waals surface area contributed by atoms with E-state index in [0.29, 0.717) is 12.3 Å². The zero-order chi connectivity index (χ0) is 13.5. The zero-order valence-electron chi connectivity index (χ0n) is 12.1. The van der Waals surface area contributed by atoms with E-state index in [9.17, 15) is 4.79 Å². The van der Waals surface area contributed by atoms with Gasteiger partial charge in [0.05, 0.1) is 0 Å². The summed E-state index contributed by atoms with van der Waals surface area (Å²) in [6.07, 6.45) is 13.5. The Balaban J connectivity index is 1.70. The fourth-order valence-electron chi connectivity index (χ4n) is 3.73. The molecular formula is C16H29NO2. The number of carboxylic acids is 1. The van der Waals surface area contributed by atoms with Crippen LogP contribution in [0, 0.1) is 5.92 Å². The van der Waals surface area contributed by atoms with Gasteiger partial charge in [0.1, 0.15) is 0 Å². The summed E-state index contributed by atoms with van der Waals surface area (Å²) < 4.78 is 0. The van der Waals surface area contributed by atoms with Crippen molar-refractivity contribution in [3.63, 3.8) is 0 Å². The Hall–Kier alpha value is -0.570. The van der Waals surface area contributed by atoms with Crippen LogP contribution in [-0.2, 0) is 4.79 Å². The number of hydrogen-bond donors (Lipinski definition) is 1. The normalized spacial score (nSPS) is 24.8. The van der Waals surface area contributed by atoms with Crippen molar-refractivity contribution >= 4 is 5.97 Å². The molecule has 0 bridgehead atoms. The second-order valence-electron chi connectivity index (χ2n) is 6.41. The number of carbonyl (C=O) groups is 1. The molecule has 1 aliphatic carbocycles. The molecule has 2 rings (SSSR count). The maximum absolute atomic E-state index is 10.6. The second kappa shape index (κ2) is 7.88. The minimum Gasteiger partial charge on any atom is -0.481 e. The molecule has 1 heterocycles. The fourth-order valence-corrected chi connectivity index (χ4v) is 3.73. The number of likely N-dealkylation sites (tertiary alicyclic amines) is 1. The minimum atomic E-state index is -0.637. The van der Waals surface area contributed by atoms with Crippen LogP contribution >= 0.6 is 0 Å². The number of aliphatic carboxylic acids is 1. The standard InChI is InChI=1S/C16H29NO2/c18-16(19)9-8-14-10-12-17(13-11-14)15-6-4-2-1-3-5-7-15/h14-15H,1-13H2,(H,18,19). The Morgan fingerprint density at radius 1 is 0.947 bits per heavy atom. The van der Waals surface area contributed by atoms with Gasteiger partial charge in [0.15, 0.2) is 0 Å². The van der Waals surface area contributed by atoms with E-state index in [1.54, 1.807) is 0 Å². The van der Waals surface area contributed by atoms with Crippen molar-refractivity contribution in [1.29, 1.82) is 0 Å². The summed E-state index contributed by atoms with van der Waals surface area (Å²) in [5.74, 6) is 0.0170. The quantitative estimate of drug-likeness (QED) is 0.844. The molecule has 2 aliphatic rings. The SMILES string of the molecule is O=C(O)CCC1CCN(C2CCCCCCC2)CC1. The van der Waals surface area contributed by atoms with Gasteiger partial charge in [0.25, 0.3) is 0 Å². The lowest BCUT2D eigenvalue weighted by Gasteiger charge is -2.38. The van der Waals surface area contributed by atoms with Crippen molar-refractivity contribution < 1.29 is 9.90 Å². The molecule has 1 N–H and O–H groups in total. The van der Waals surface area contributed by atoms with Gasteiger partial charge in [-0.05, 0) is 51.1 Å². The van der Waals surface area contributed by atoms with Crippen molar-refractivity contribution in [1.82, 2.24) is 4.90 Å². The lowest BCUT2D eigenvalue weighted by molar-refractivity contribution is -0.137. The second-order valence-corrected chi connectivity index (χ2v) is 6.41. The summed E-state index contributed by atoms with van der Waals surface area (Å²) in [6, 6.07) is 0.820. The van der Waals surface area contributed by atoms with Crippen LogP contribution in [0.15, 0.2) is 0 Å². The van der Waals surface area contributed by atoms with Gasteiger partial charge in [0.2, 0.25) is 0 Å². The maximum atomic E-state index is 10.6.